The topological polar surface area (TPSA) is 81.4 Å². The number of tetrazole rings is 1. The van der Waals surface area contributed by atoms with E-state index in [2.05, 4.69) is 37.7 Å². The molecule has 1 N–H and O–H groups in total. The van der Waals surface area contributed by atoms with Crippen molar-refractivity contribution in [2.75, 3.05) is 5.32 Å². The first kappa shape index (κ1) is 13.2. The number of aryl methyl sites for hydroxylation is 1. The molecule has 0 saturated heterocycles. The SMILES string of the molecule is Cc1ccc(-n2cnnn2)cc1NC(C)c1cnccn1. The highest BCUT2D eigenvalue weighted by Crippen LogP contribution is 2.23. The fraction of sp³-hybridized carbons (Fsp3) is 0.214. The standard InChI is InChI=1S/C14H15N7/c1-10-3-4-12(21-9-17-19-20-21)7-13(10)18-11(2)14-8-15-5-6-16-14/h3-9,11,18H,1-2H3. The van der Waals surface area contributed by atoms with Crippen molar-refractivity contribution >= 4 is 5.69 Å². The molecule has 2 heterocycles. The fourth-order valence-corrected chi connectivity index (χ4v) is 2.03. The van der Waals surface area contributed by atoms with Crippen LogP contribution in [-0.2, 0) is 0 Å². The van der Waals surface area contributed by atoms with Crippen LogP contribution in [0.3, 0.4) is 0 Å². The Labute approximate surface area is 122 Å². The molecule has 7 nitrogen and oxygen atoms in total. The zero-order valence-corrected chi connectivity index (χ0v) is 11.8. The minimum atomic E-state index is 0.0570. The highest BCUT2D eigenvalue weighted by atomic mass is 15.5. The van der Waals surface area contributed by atoms with E-state index in [-0.39, 0.29) is 6.04 Å². The molecule has 0 amide bonds. The van der Waals surface area contributed by atoms with Crippen LogP contribution in [0.5, 0.6) is 0 Å². The quantitative estimate of drug-likeness (QED) is 0.787. The molecule has 0 aliphatic heterocycles. The lowest BCUT2D eigenvalue weighted by molar-refractivity contribution is 0.787. The summed E-state index contributed by atoms with van der Waals surface area (Å²) >= 11 is 0. The lowest BCUT2D eigenvalue weighted by Crippen LogP contribution is -2.10. The van der Waals surface area contributed by atoms with Gasteiger partial charge in [-0.15, -0.1) is 5.10 Å². The van der Waals surface area contributed by atoms with Crippen molar-refractivity contribution in [2.24, 2.45) is 0 Å². The molecule has 0 aliphatic rings. The first-order valence-electron chi connectivity index (χ1n) is 6.60. The number of benzene rings is 1. The average molecular weight is 281 g/mol. The first-order chi connectivity index (χ1) is 10.2. The van der Waals surface area contributed by atoms with Gasteiger partial charge in [0.1, 0.15) is 6.33 Å². The third-order valence-electron chi connectivity index (χ3n) is 3.23. The summed E-state index contributed by atoms with van der Waals surface area (Å²) in [5.74, 6) is 0. The van der Waals surface area contributed by atoms with Crippen LogP contribution in [0, 0.1) is 6.92 Å². The Morgan fingerprint density at radius 3 is 2.86 bits per heavy atom. The van der Waals surface area contributed by atoms with E-state index in [9.17, 15) is 0 Å². The summed E-state index contributed by atoms with van der Waals surface area (Å²) in [4.78, 5) is 8.41. The summed E-state index contributed by atoms with van der Waals surface area (Å²) in [6, 6.07) is 6.08. The van der Waals surface area contributed by atoms with Gasteiger partial charge >= 0.3 is 0 Å². The van der Waals surface area contributed by atoms with E-state index in [1.807, 2.05) is 25.1 Å². The van der Waals surface area contributed by atoms with E-state index in [1.165, 1.54) is 0 Å². The molecule has 3 aromatic rings. The van der Waals surface area contributed by atoms with Crippen molar-refractivity contribution in [2.45, 2.75) is 19.9 Å². The van der Waals surface area contributed by atoms with Crippen molar-refractivity contribution < 1.29 is 0 Å². The van der Waals surface area contributed by atoms with Gasteiger partial charge in [0.15, 0.2) is 0 Å². The Bertz CT molecular complexity index is 709. The number of nitrogens with zero attached hydrogens (tertiary/aromatic N) is 6. The number of anilines is 1. The summed E-state index contributed by atoms with van der Waals surface area (Å²) in [6.45, 7) is 4.10. The number of hydrogen-bond donors (Lipinski definition) is 1. The Hall–Kier alpha value is -2.83. The Morgan fingerprint density at radius 2 is 2.14 bits per heavy atom. The van der Waals surface area contributed by atoms with Crippen molar-refractivity contribution in [1.82, 2.24) is 30.2 Å². The van der Waals surface area contributed by atoms with Crippen LogP contribution in [0.2, 0.25) is 0 Å². The van der Waals surface area contributed by atoms with Gasteiger partial charge in [0.2, 0.25) is 0 Å². The van der Waals surface area contributed by atoms with E-state index in [1.54, 1.807) is 29.6 Å². The molecule has 0 bridgehead atoms. The Morgan fingerprint density at radius 1 is 1.24 bits per heavy atom. The van der Waals surface area contributed by atoms with Crippen molar-refractivity contribution in [3.05, 3.63) is 54.4 Å². The number of nitrogens with one attached hydrogen (secondary N) is 1. The molecule has 3 rings (SSSR count). The lowest BCUT2D eigenvalue weighted by atomic mass is 10.1. The summed E-state index contributed by atoms with van der Waals surface area (Å²) in [6.07, 6.45) is 6.69. The minimum absolute atomic E-state index is 0.0570. The molecule has 1 unspecified atom stereocenters. The van der Waals surface area contributed by atoms with Crippen LogP contribution in [0.15, 0.2) is 43.1 Å². The van der Waals surface area contributed by atoms with Gasteiger partial charge in [-0.25, -0.2) is 4.68 Å². The van der Waals surface area contributed by atoms with Gasteiger partial charge in [0, 0.05) is 18.1 Å². The first-order valence-corrected chi connectivity index (χ1v) is 6.60. The minimum Gasteiger partial charge on any atom is -0.377 e. The zero-order valence-electron chi connectivity index (χ0n) is 11.8. The van der Waals surface area contributed by atoms with Gasteiger partial charge in [-0.1, -0.05) is 6.07 Å². The third kappa shape index (κ3) is 2.86. The van der Waals surface area contributed by atoms with Crippen molar-refractivity contribution in [3.8, 4) is 5.69 Å². The molecule has 1 aromatic carbocycles. The van der Waals surface area contributed by atoms with Crippen LogP contribution >= 0.6 is 0 Å². The second-order valence-electron chi connectivity index (χ2n) is 4.75. The zero-order chi connectivity index (χ0) is 14.7. The van der Waals surface area contributed by atoms with Crippen LogP contribution < -0.4 is 5.32 Å². The van der Waals surface area contributed by atoms with E-state index < -0.39 is 0 Å². The van der Waals surface area contributed by atoms with Crippen LogP contribution in [0.1, 0.15) is 24.2 Å². The molecule has 0 saturated carbocycles. The average Bonchev–Trinajstić information content (AvgIpc) is 3.04. The molecular formula is C14H15N7. The largest absolute Gasteiger partial charge is 0.377 e. The fourth-order valence-electron chi connectivity index (χ4n) is 2.03. The highest BCUT2D eigenvalue weighted by molar-refractivity contribution is 5.57. The molecule has 1 atom stereocenters. The summed E-state index contributed by atoms with van der Waals surface area (Å²) in [5.41, 5.74) is 3.95. The van der Waals surface area contributed by atoms with Crippen molar-refractivity contribution in [1.29, 1.82) is 0 Å². The maximum atomic E-state index is 4.31. The number of aromatic nitrogens is 6. The number of rotatable bonds is 4. The van der Waals surface area contributed by atoms with Gasteiger partial charge < -0.3 is 5.32 Å². The molecule has 106 valence electrons. The van der Waals surface area contributed by atoms with Gasteiger partial charge in [-0.05, 0) is 42.0 Å². The second-order valence-corrected chi connectivity index (χ2v) is 4.75. The molecule has 0 aliphatic carbocycles. The third-order valence-corrected chi connectivity index (χ3v) is 3.23. The summed E-state index contributed by atoms with van der Waals surface area (Å²) in [5, 5.41) is 14.7. The highest BCUT2D eigenvalue weighted by Gasteiger charge is 2.09. The maximum Gasteiger partial charge on any atom is 0.143 e. The molecule has 2 aromatic heterocycles. The van der Waals surface area contributed by atoms with Gasteiger partial charge in [0.25, 0.3) is 0 Å². The number of hydrogen-bond acceptors (Lipinski definition) is 6. The summed E-state index contributed by atoms with van der Waals surface area (Å²) < 4.78 is 1.62. The molecule has 21 heavy (non-hydrogen) atoms. The lowest BCUT2D eigenvalue weighted by Gasteiger charge is -2.17. The Balaban J connectivity index is 1.86. The molecule has 7 heteroatoms. The van der Waals surface area contributed by atoms with Gasteiger partial charge in [-0.3, -0.25) is 9.97 Å². The van der Waals surface area contributed by atoms with Crippen LogP contribution in [-0.4, -0.2) is 30.2 Å². The van der Waals surface area contributed by atoms with Crippen molar-refractivity contribution in [3.63, 3.8) is 0 Å². The van der Waals surface area contributed by atoms with E-state index in [0.717, 1.165) is 22.6 Å². The second kappa shape index (κ2) is 5.66. The van der Waals surface area contributed by atoms with E-state index >= 15 is 0 Å². The van der Waals surface area contributed by atoms with Crippen LogP contribution in [0.25, 0.3) is 5.69 Å². The Kier molecular flexibility index (Phi) is 3.55. The molecule has 0 fully saturated rings. The molecule has 0 radical (unpaired) electrons. The van der Waals surface area contributed by atoms with Gasteiger partial charge in [-0.2, -0.15) is 0 Å². The predicted molar refractivity (Wildman–Crippen MR) is 78.0 cm³/mol. The normalized spacial score (nSPS) is 12.1. The molecule has 0 spiro atoms. The monoisotopic (exact) mass is 281 g/mol. The smallest absolute Gasteiger partial charge is 0.143 e. The summed E-state index contributed by atoms with van der Waals surface area (Å²) in [7, 11) is 0. The van der Waals surface area contributed by atoms with E-state index in [4.69, 9.17) is 0 Å². The molecular weight excluding hydrogens is 266 g/mol. The van der Waals surface area contributed by atoms with E-state index in [0.29, 0.717) is 0 Å². The van der Waals surface area contributed by atoms with Gasteiger partial charge in [0.05, 0.1) is 23.6 Å². The predicted octanol–water partition coefficient (Wildman–Crippen LogP) is 1.93. The van der Waals surface area contributed by atoms with Crippen LogP contribution in [0.4, 0.5) is 5.69 Å². The maximum absolute atomic E-state index is 4.31.